The summed E-state index contributed by atoms with van der Waals surface area (Å²) in [6.45, 7) is 2.67. The molecule has 0 radical (unpaired) electrons. The highest BCUT2D eigenvalue weighted by Gasteiger charge is 2.13. The fourth-order valence-corrected chi connectivity index (χ4v) is 5.40. The minimum Gasteiger partial charge on any atom is -0.487 e. The average molecular weight is 537 g/mol. The number of fused-ring (bicyclic) bond motifs is 3. The maximum absolute atomic E-state index is 13.4. The minimum atomic E-state index is -0.296. The molecule has 0 amide bonds. The number of thiophene rings is 1. The van der Waals surface area contributed by atoms with Gasteiger partial charge in [-0.05, 0) is 60.5 Å². The van der Waals surface area contributed by atoms with Crippen molar-refractivity contribution in [1.82, 2.24) is 15.3 Å². The summed E-state index contributed by atoms with van der Waals surface area (Å²) in [4.78, 5) is 9.94. The highest BCUT2D eigenvalue weighted by molar-refractivity contribution is 7.25. The third kappa shape index (κ3) is 6.17. The van der Waals surface area contributed by atoms with E-state index in [0.29, 0.717) is 17.4 Å². The van der Waals surface area contributed by atoms with Crippen molar-refractivity contribution in [3.8, 4) is 5.75 Å². The normalized spacial score (nSPS) is 11.3. The molecule has 0 fully saturated rings. The number of aromatic nitrogens is 2. The molecule has 0 aliphatic heterocycles. The smallest absolute Gasteiger partial charge is 0.143 e. The number of nitrogens with zero attached hydrogens (tertiary/aromatic N) is 2. The first-order valence-electron chi connectivity index (χ1n) is 11.9. The van der Waals surface area contributed by atoms with Gasteiger partial charge in [0, 0.05) is 29.4 Å². The van der Waals surface area contributed by atoms with Crippen LogP contribution in [0.5, 0.6) is 5.75 Å². The van der Waals surface area contributed by atoms with Gasteiger partial charge in [-0.3, -0.25) is 0 Å². The van der Waals surface area contributed by atoms with E-state index in [1.807, 2.05) is 6.07 Å². The fourth-order valence-electron chi connectivity index (χ4n) is 4.05. The lowest BCUT2D eigenvalue weighted by molar-refractivity contribution is 0.199. The maximum atomic E-state index is 13.4. The molecule has 37 heavy (non-hydrogen) atoms. The van der Waals surface area contributed by atoms with E-state index in [-0.39, 0.29) is 12.4 Å². The van der Waals surface area contributed by atoms with Crippen LogP contribution in [0.2, 0.25) is 5.02 Å². The molecule has 5 aromatic rings. The van der Waals surface area contributed by atoms with Crippen molar-refractivity contribution in [2.45, 2.75) is 13.0 Å². The molecule has 2 heterocycles. The molecule has 0 atom stereocenters. The Labute approximate surface area is 223 Å². The number of methoxy groups -OCH3 is 1. The fraction of sp³-hybridized carbons (Fsp3) is 0.214. The number of halogens is 2. The van der Waals surface area contributed by atoms with Crippen molar-refractivity contribution in [2.24, 2.45) is 0 Å². The van der Waals surface area contributed by atoms with Gasteiger partial charge in [0.15, 0.2) is 0 Å². The number of ether oxygens (including phenoxy) is 2. The first kappa shape index (κ1) is 25.4. The van der Waals surface area contributed by atoms with Crippen LogP contribution in [0.4, 0.5) is 15.9 Å². The zero-order valence-corrected chi connectivity index (χ0v) is 21.8. The van der Waals surface area contributed by atoms with Crippen LogP contribution in [0.25, 0.3) is 20.3 Å². The van der Waals surface area contributed by atoms with Crippen molar-refractivity contribution >= 4 is 54.7 Å². The summed E-state index contributed by atoms with van der Waals surface area (Å²) in [6.07, 6.45) is 2.51. The second-order valence-corrected chi connectivity index (χ2v) is 9.95. The number of hydrogen-bond donors (Lipinski definition) is 2. The van der Waals surface area contributed by atoms with Crippen LogP contribution in [0, 0.1) is 5.82 Å². The van der Waals surface area contributed by atoms with Crippen LogP contribution < -0.4 is 15.4 Å². The van der Waals surface area contributed by atoms with Gasteiger partial charge in [-0.15, -0.1) is 11.3 Å². The third-order valence-electron chi connectivity index (χ3n) is 5.89. The van der Waals surface area contributed by atoms with Crippen molar-refractivity contribution in [2.75, 3.05) is 32.1 Å². The summed E-state index contributed by atoms with van der Waals surface area (Å²) in [5, 5.41) is 9.31. The Bertz CT molecular complexity index is 1530. The van der Waals surface area contributed by atoms with E-state index >= 15 is 0 Å². The zero-order chi connectivity index (χ0) is 25.6. The Balaban J connectivity index is 1.32. The topological polar surface area (TPSA) is 68.3 Å². The van der Waals surface area contributed by atoms with Crippen LogP contribution in [-0.4, -0.2) is 36.8 Å². The van der Waals surface area contributed by atoms with Crippen molar-refractivity contribution in [3.63, 3.8) is 0 Å². The molecule has 6 nitrogen and oxygen atoms in total. The zero-order valence-electron chi connectivity index (χ0n) is 20.3. The highest BCUT2D eigenvalue weighted by Crippen LogP contribution is 2.38. The number of benzene rings is 3. The van der Waals surface area contributed by atoms with Gasteiger partial charge in [0.25, 0.3) is 0 Å². The predicted molar refractivity (Wildman–Crippen MR) is 149 cm³/mol. The van der Waals surface area contributed by atoms with Crippen LogP contribution in [0.15, 0.2) is 67.0 Å². The molecule has 5 rings (SSSR count). The Morgan fingerprint density at radius 2 is 1.92 bits per heavy atom. The SMILES string of the molecule is COCCNCCc1ccc2c(c1)sc1ncnc(Nc3ccc(OCc4cccc(F)c4)c(Cl)c3)c12. The number of nitrogens with one attached hydrogen (secondary N) is 2. The molecule has 190 valence electrons. The van der Waals surface area contributed by atoms with Gasteiger partial charge in [0.2, 0.25) is 0 Å². The van der Waals surface area contributed by atoms with Gasteiger partial charge < -0.3 is 20.1 Å². The molecular formula is C28H26ClFN4O2S. The lowest BCUT2D eigenvalue weighted by Crippen LogP contribution is -2.21. The number of rotatable bonds is 11. The lowest BCUT2D eigenvalue weighted by atomic mass is 10.1. The van der Waals surface area contributed by atoms with Gasteiger partial charge in [0.1, 0.15) is 35.1 Å². The monoisotopic (exact) mass is 536 g/mol. The van der Waals surface area contributed by atoms with Gasteiger partial charge in [-0.1, -0.05) is 35.9 Å². The molecule has 2 aromatic heterocycles. The Hall–Kier alpha value is -3.30. The standard InChI is InChI=1S/C28H26ClFN4O2S/c1-35-12-11-31-10-9-18-5-7-22-25(14-18)37-28-26(22)27(32-17-33-28)34-21-6-8-24(23(29)15-21)36-16-19-3-2-4-20(30)13-19/h2-8,13-15,17,31H,9-12,16H2,1H3,(H,32,33,34). The van der Waals surface area contributed by atoms with Gasteiger partial charge in [-0.25, -0.2) is 14.4 Å². The lowest BCUT2D eigenvalue weighted by Gasteiger charge is -2.11. The summed E-state index contributed by atoms with van der Waals surface area (Å²) < 4.78 is 25.5. The molecule has 0 bridgehead atoms. The molecule has 0 saturated carbocycles. The molecule has 0 aliphatic carbocycles. The van der Waals surface area contributed by atoms with Crippen LogP contribution in [0.3, 0.4) is 0 Å². The van der Waals surface area contributed by atoms with Crippen LogP contribution in [-0.2, 0) is 17.8 Å². The molecule has 3 aromatic carbocycles. The molecule has 0 unspecified atom stereocenters. The maximum Gasteiger partial charge on any atom is 0.143 e. The summed E-state index contributed by atoms with van der Waals surface area (Å²) in [7, 11) is 1.71. The Morgan fingerprint density at radius 1 is 1.00 bits per heavy atom. The summed E-state index contributed by atoms with van der Waals surface area (Å²) in [5.74, 6) is 0.944. The molecule has 0 saturated heterocycles. The highest BCUT2D eigenvalue weighted by atomic mass is 35.5. The van der Waals surface area contributed by atoms with Gasteiger partial charge in [-0.2, -0.15) is 0 Å². The first-order chi connectivity index (χ1) is 18.1. The third-order valence-corrected chi connectivity index (χ3v) is 7.24. The largest absolute Gasteiger partial charge is 0.487 e. The van der Waals surface area contributed by atoms with E-state index < -0.39 is 0 Å². The predicted octanol–water partition coefficient (Wildman–Crippen LogP) is 6.74. The van der Waals surface area contributed by atoms with E-state index in [4.69, 9.17) is 21.1 Å². The number of anilines is 2. The van der Waals surface area contributed by atoms with E-state index in [1.54, 1.807) is 49.0 Å². The summed E-state index contributed by atoms with van der Waals surface area (Å²) in [6, 6.07) is 18.3. The summed E-state index contributed by atoms with van der Waals surface area (Å²) in [5.41, 5.74) is 2.78. The molecule has 9 heteroatoms. The molecule has 0 spiro atoms. The Morgan fingerprint density at radius 3 is 2.76 bits per heavy atom. The summed E-state index contributed by atoms with van der Waals surface area (Å²) >= 11 is 8.15. The quantitative estimate of drug-likeness (QED) is 0.182. The minimum absolute atomic E-state index is 0.225. The Kier molecular flexibility index (Phi) is 8.11. The van der Waals surface area contributed by atoms with Crippen molar-refractivity contribution in [1.29, 1.82) is 0 Å². The van der Waals surface area contributed by atoms with E-state index in [9.17, 15) is 4.39 Å². The molecule has 2 N–H and O–H groups in total. The second-order valence-electron chi connectivity index (χ2n) is 8.52. The van der Waals surface area contributed by atoms with Gasteiger partial charge >= 0.3 is 0 Å². The molecule has 0 aliphatic rings. The molecular weight excluding hydrogens is 511 g/mol. The number of hydrogen-bond acceptors (Lipinski definition) is 7. The van der Waals surface area contributed by atoms with Crippen molar-refractivity contribution < 1.29 is 13.9 Å². The van der Waals surface area contributed by atoms with Crippen molar-refractivity contribution in [3.05, 3.63) is 89.0 Å². The van der Waals surface area contributed by atoms with E-state index in [2.05, 4.69) is 38.8 Å². The van der Waals surface area contributed by atoms with E-state index in [0.717, 1.165) is 52.2 Å². The van der Waals surface area contributed by atoms with Crippen LogP contribution in [0.1, 0.15) is 11.1 Å². The average Bonchev–Trinajstić information content (AvgIpc) is 3.27. The van der Waals surface area contributed by atoms with Gasteiger partial charge in [0.05, 0.1) is 17.0 Å². The first-order valence-corrected chi connectivity index (χ1v) is 13.1. The van der Waals surface area contributed by atoms with E-state index in [1.165, 1.54) is 22.4 Å². The van der Waals surface area contributed by atoms with Crippen LogP contribution >= 0.6 is 22.9 Å². The second kappa shape index (κ2) is 11.8.